The van der Waals surface area contributed by atoms with Crippen molar-refractivity contribution < 1.29 is 13.2 Å². The zero-order valence-electron chi connectivity index (χ0n) is 15.5. The van der Waals surface area contributed by atoms with E-state index in [-0.39, 0.29) is 36.6 Å². The Hall–Kier alpha value is -0.740. The first-order chi connectivity index (χ1) is 12.3. The summed E-state index contributed by atoms with van der Waals surface area (Å²) in [6.45, 7) is 1.45. The third kappa shape index (κ3) is 8.03. The normalized spacial score (nSPS) is 21.5. The number of halogens is 5. The maximum absolute atomic E-state index is 12.3. The molecular formula is C18H27ClF3IN4. The lowest BCUT2D eigenvalue weighted by atomic mass is 9.85. The minimum Gasteiger partial charge on any atom is -0.356 e. The lowest BCUT2D eigenvalue weighted by Crippen LogP contribution is -2.45. The van der Waals surface area contributed by atoms with E-state index in [9.17, 15) is 13.2 Å². The molecule has 0 amide bonds. The van der Waals surface area contributed by atoms with Crippen molar-refractivity contribution in [1.29, 1.82) is 0 Å². The number of guanidine groups is 1. The molecule has 2 N–H and O–H groups in total. The molecule has 4 nitrogen and oxygen atoms in total. The van der Waals surface area contributed by atoms with Crippen LogP contribution in [0, 0.1) is 5.92 Å². The van der Waals surface area contributed by atoms with Crippen LogP contribution in [0.25, 0.3) is 0 Å². The van der Waals surface area contributed by atoms with Crippen LogP contribution >= 0.6 is 35.6 Å². The van der Waals surface area contributed by atoms with Crippen molar-refractivity contribution in [2.75, 3.05) is 33.7 Å². The SMILES string of the molecule is CN=C(NCCC(F)(F)F)NCC1CCCN(C)C1c1cccc(Cl)c1.I. The van der Waals surface area contributed by atoms with Crippen molar-refractivity contribution in [3.63, 3.8) is 0 Å². The highest BCUT2D eigenvalue weighted by Crippen LogP contribution is 2.35. The molecule has 0 radical (unpaired) electrons. The molecule has 1 saturated heterocycles. The molecule has 1 heterocycles. The van der Waals surface area contributed by atoms with Gasteiger partial charge in [-0.2, -0.15) is 13.2 Å². The van der Waals surface area contributed by atoms with Crippen molar-refractivity contribution in [1.82, 2.24) is 15.5 Å². The van der Waals surface area contributed by atoms with Crippen molar-refractivity contribution in [2.24, 2.45) is 10.9 Å². The summed E-state index contributed by atoms with van der Waals surface area (Å²) in [5, 5.41) is 6.60. The van der Waals surface area contributed by atoms with Crippen LogP contribution in [-0.4, -0.2) is 50.8 Å². The summed E-state index contributed by atoms with van der Waals surface area (Å²) >= 11 is 6.15. The number of hydrogen-bond donors (Lipinski definition) is 2. The molecular weight excluding hydrogens is 492 g/mol. The maximum atomic E-state index is 12.3. The fourth-order valence-corrected chi connectivity index (χ4v) is 3.66. The Labute approximate surface area is 181 Å². The summed E-state index contributed by atoms with van der Waals surface area (Å²) in [4.78, 5) is 6.32. The smallest absolute Gasteiger partial charge is 0.356 e. The number of rotatable bonds is 5. The van der Waals surface area contributed by atoms with Crippen LogP contribution in [-0.2, 0) is 0 Å². The molecule has 1 aliphatic rings. The summed E-state index contributed by atoms with van der Waals surface area (Å²) in [5.41, 5.74) is 1.16. The molecule has 154 valence electrons. The van der Waals surface area contributed by atoms with Gasteiger partial charge in [-0.3, -0.25) is 9.89 Å². The molecule has 0 bridgehead atoms. The van der Waals surface area contributed by atoms with Gasteiger partial charge >= 0.3 is 6.18 Å². The van der Waals surface area contributed by atoms with Crippen molar-refractivity contribution in [3.8, 4) is 0 Å². The van der Waals surface area contributed by atoms with Gasteiger partial charge in [0.05, 0.1) is 6.42 Å². The van der Waals surface area contributed by atoms with Gasteiger partial charge in [0.15, 0.2) is 5.96 Å². The lowest BCUT2D eigenvalue weighted by molar-refractivity contribution is -0.132. The number of benzene rings is 1. The van der Waals surface area contributed by atoms with Crippen LogP contribution in [0.2, 0.25) is 5.02 Å². The predicted molar refractivity (Wildman–Crippen MR) is 115 cm³/mol. The zero-order valence-corrected chi connectivity index (χ0v) is 18.6. The average molecular weight is 519 g/mol. The molecule has 9 heteroatoms. The van der Waals surface area contributed by atoms with Gasteiger partial charge in [-0.05, 0) is 50.0 Å². The van der Waals surface area contributed by atoms with Crippen molar-refractivity contribution in [2.45, 2.75) is 31.5 Å². The van der Waals surface area contributed by atoms with E-state index in [1.165, 1.54) is 0 Å². The highest BCUT2D eigenvalue weighted by molar-refractivity contribution is 14.0. The van der Waals surface area contributed by atoms with Gasteiger partial charge in [-0.15, -0.1) is 24.0 Å². The summed E-state index contributed by atoms with van der Waals surface area (Å²) in [6.07, 6.45) is -2.94. The first-order valence-electron chi connectivity index (χ1n) is 8.77. The third-order valence-corrected chi connectivity index (χ3v) is 4.89. The molecule has 1 aliphatic heterocycles. The van der Waals surface area contributed by atoms with Gasteiger partial charge in [-0.1, -0.05) is 23.7 Å². The van der Waals surface area contributed by atoms with Crippen LogP contribution in [0.15, 0.2) is 29.3 Å². The molecule has 0 spiro atoms. The van der Waals surface area contributed by atoms with E-state index in [1.54, 1.807) is 7.05 Å². The topological polar surface area (TPSA) is 39.7 Å². The minimum absolute atomic E-state index is 0. The first kappa shape index (κ1) is 24.3. The Bertz CT molecular complexity index is 613. The number of nitrogens with one attached hydrogen (secondary N) is 2. The molecule has 2 atom stereocenters. The number of piperidine rings is 1. The zero-order chi connectivity index (χ0) is 19.2. The van der Waals surface area contributed by atoms with E-state index < -0.39 is 12.6 Å². The van der Waals surface area contributed by atoms with E-state index in [4.69, 9.17) is 11.6 Å². The molecule has 2 rings (SSSR count). The van der Waals surface area contributed by atoms with Gasteiger partial charge in [0.25, 0.3) is 0 Å². The molecule has 1 aromatic rings. The highest BCUT2D eigenvalue weighted by Gasteiger charge is 2.31. The highest BCUT2D eigenvalue weighted by atomic mass is 127. The predicted octanol–water partition coefficient (Wildman–Crippen LogP) is 4.46. The number of hydrogen-bond acceptors (Lipinski definition) is 2. The monoisotopic (exact) mass is 518 g/mol. The van der Waals surface area contributed by atoms with Crippen LogP contribution in [0.5, 0.6) is 0 Å². The van der Waals surface area contributed by atoms with E-state index in [2.05, 4.69) is 33.6 Å². The fraction of sp³-hybridized carbons (Fsp3) is 0.611. The molecule has 0 aliphatic carbocycles. The van der Waals surface area contributed by atoms with E-state index in [0.717, 1.165) is 24.9 Å². The minimum atomic E-state index is -4.17. The summed E-state index contributed by atoms with van der Waals surface area (Å²) in [6, 6.07) is 8.07. The molecule has 0 saturated carbocycles. The number of likely N-dealkylation sites (tertiary alicyclic amines) is 1. The number of alkyl halides is 3. The van der Waals surface area contributed by atoms with Gasteiger partial charge in [0.1, 0.15) is 0 Å². The van der Waals surface area contributed by atoms with Gasteiger partial charge in [0.2, 0.25) is 0 Å². The van der Waals surface area contributed by atoms with E-state index in [1.807, 2.05) is 18.2 Å². The lowest BCUT2D eigenvalue weighted by Gasteiger charge is -2.40. The first-order valence-corrected chi connectivity index (χ1v) is 9.15. The van der Waals surface area contributed by atoms with Crippen LogP contribution in [0.1, 0.15) is 30.9 Å². The van der Waals surface area contributed by atoms with Crippen molar-refractivity contribution in [3.05, 3.63) is 34.9 Å². The summed E-state index contributed by atoms with van der Waals surface area (Å²) in [5.74, 6) is 0.709. The van der Waals surface area contributed by atoms with Crippen LogP contribution < -0.4 is 10.6 Å². The Morgan fingerprint density at radius 2 is 2.07 bits per heavy atom. The fourth-order valence-electron chi connectivity index (χ4n) is 3.46. The number of aliphatic imine (C=N–C) groups is 1. The average Bonchev–Trinajstić information content (AvgIpc) is 2.57. The second kappa shape index (κ2) is 11.3. The molecule has 2 unspecified atom stereocenters. The van der Waals surface area contributed by atoms with Gasteiger partial charge in [-0.25, -0.2) is 0 Å². The number of nitrogens with zero attached hydrogens (tertiary/aromatic N) is 2. The maximum Gasteiger partial charge on any atom is 0.390 e. The molecule has 27 heavy (non-hydrogen) atoms. The Balaban J connectivity index is 0.00000364. The van der Waals surface area contributed by atoms with E-state index >= 15 is 0 Å². The Morgan fingerprint density at radius 3 is 2.70 bits per heavy atom. The Kier molecular flexibility index (Phi) is 10.2. The van der Waals surface area contributed by atoms with Crippen LogP contribution in [0.4, 0.5) is 13.2 Å². The molecule has 1 fully saturated rings. The summed E-state index contributed by atoms with van der Waals surface area (Å²) in [7, 11) is 3.65. The van der Waals surface area contributed by atoms with Crippen molar-refractivity contribution >= 4 is 41.5 Å². The van der Waals surface area contributed by atoms with Gasteiger partial charge < -0.3 is 10.6 Å². The molecule has 0 aromatic heterocycles. The largest absolute Gasteiger partial charge is 0.390 e. The standard InChI is InChI=1S/C18H26ClF3N4.HI/c1-23-17(24-9-8-18(20,21)22)25-12-14-6-4-10-26(2)16(14)13-5-3-7-15(19)11-13;/h3,5,7,11,14,16H,4,6,8-10,12H2,1-2H3,(H2,23,24,25);1H. The second-order valence-corrected chi connectivity index (χ2v) is 7.06. The summed E-state index contributed by atoms with van der Waals surface area (Å²) < 4.78 is 36.9. The van der Waals surface area contributed by atoms with E-state index in [0.29, 0.717) is 23.4 Å². The second-order valence-electron chi connectivity index (χ2n) is 6.63. The van der Waals surface area contributed by atoms with Crippen LogP contribution in [0.3, 0.4) is 0 Å². The quantitative estimate of drug-likeness (QED) is 0.344. The Morgan fingerprint density at radius 1 is 1.33 bits per heavy atom. The third-order valence-electron chi connectivity index (χ3n) is 4.65. The van der Waals surface area contributed by atoms with Gasteiger partial charge in [0, 0.05) is 31.2 Å². The molecule has 1 aromatic carbocycles.